The Bertz CT molecular complexity index is 1060. The Morgan fingerprint density at radius 1 is 1.28 bits per heavy atom. The van der Waals surface area contributed by atoms with Gasteiger partial charge in [0, 0.05) is 11.9 Å². The van der Waals surface area contributed by atoms with Crippen molar-refractivity contribution in [3.8, 4) is 0 Å². The van der Waals surface area contributed by atoms with E-state index in [9.17, 15) is 14.0 Å². The number of likely N-dealkylation sites (tertiary alicyclic amines) is 1. The number of methoxy groups -OCH3 is 1. The molecule has 0 spiro atoms. The second kappa shape index (κ2) is 7.94. The van der Waals surface area contributed by atoms with Crippen LogP contribution in [-0.2, 0) is 16.1 Å². The molecule has 1 aromatic carbocycles. The van der Waals surface area contributed by atoms with E-state index in [0.29, 0.717) is 24.4 Å². The van der Waals surface area contributed by atoms with Crippen LogP contribution < -0.4 is 0 Å². The van der Waals surface area contributed by atoms with E-state index in [1.54, 1.807) is 17.0 Å². The van der Waals surface area contributed by atoms with Gasteiger partial charge in [0.2, 0.25) is 0 Å². The maximum Gasteiger partial charge on any atom is 0.328 e. The molecule has 0 saturated carbocycles. The largest absolute Gasteiger partial charge is 0.467 e. The second-order valence-electron chi connectivity index (χ2n) is 7.23. The van der Waals surface area contributed by atoms with Crippen LogP contribution in [0, 0.1) is 12.7 Å². The summed E-state index contributed by atoms with van der Waals surface area (Å²) in [5, 5.41) is 5.49. The molecule has 1 fully saturated rings. The first-order chi connectivity index (χ1) is 14.0. The highest BCUT2D eigenvalue weighted by atomic mass is 32.1. The van der Waals surface area contributed by atoms with Crippen molar-refractivity contribution < 1.29 is 18.7 Å². The molecule has 1 aliphatic heterocycles. The number of rotatable bonds is 4. The summed E-state index contributed by atoms with van der Waals surface area (Å²) in [6.45, 7) is 2.95. The third-order valence-electron chi connectivity index (χ3n) is 5.30. The van der Waals surface area contributed by atoms with Gasteiger partial charge in [-0.25, -0.2) is 9.18 Å². The van der Waals surface area contributed by atoms with Crippen LogP contribution in [0.4, 0.5) is 4.39 Å². The van der Waals surface area contributed by atoms with Crippen molar-refractivity contribution in [3.63, 3.8) is 0 Å². The summed E-state index contributed by atoms with van der Waals surface area (Å²) in [4.78, 5) is 28.4. The molecular formula is C21H22FN3O3S. The minimum atomic E-state index is -0.525. The van der Waals surface area contributed by atoms with E-state index in [1.165, 1.54) is 30.6 Å². The molecule has 0 radical (unpaired) electrons. The molecule has 4 rings (SSSR count). The van der Waals surface area contributed by atoms with Crippen molar-refractivity contribution >= 4 is 33.4 Å². The molecule has 1 amide bonds. The monoisotopic (exact) mass is 415 g/mol. The first-order valence-electron chi connectivity index (χ1n) is 9.58. The van der Waals surface area contributed by atoms with Gasteiger partial charge in [-0.2, -0.15) is 5.10 Å². The highest BCUT2D eigenvalue weighted by molar-refractivity contribution is 7.20. The molecule has 0 N–H and O–H groups in total. The fourth-order valence-electron chi connectivity index (χ4n) is 3.79. The average molecular weight is 415 g/mol. The number of benzene rings is 1. The van der Waals surface area contributed by atoms with Gasteiger partial charge in [0.1, 0.15) is 16.7 Å². The normalized spacial score (nSPS) is 16.9. The zero-order valence-corrected chi connectivity index (χ0v) is 17.2. The molecule has 6 nitrogen and oxygen atoms in total. The van der Waals surface area contributed by atoms with E-state index in [1.807, 2.05) is 17.7 Å². The molecule has 2 aromatic heterocycles. The number of halogens is 1. The van der Waals surface area contributed by atoms with Crippen LogP contribution in [0.15, 0.2) is 30.3 Å². The maximum absolute atomic E-state index is 13.2. The Balaban J connectivity index is 1.64. The van der Waals surface area contributed by atoms with Gasteiger partial charge in [-0.15, -0.1) is 11.3 Å². The van der Waals surface area contributed by atoms with Crippen LogP contribution in [0.1, 0.15) is 40.2 Å². The number of fused-ring (bicyclic) bond motifs is 1. The molecule has 29 heavy (non-hydrogen) atoms. The average Bonchev–Trinajstić information content (AvgIpc) is 3.30. The molecule has 152 valence electrons. The first-order valence-corrected chi connectivity index (χ1v) is 10.4. The minimum Gasteiger partial charge on any atom is -0.467 e. The number of esters is 1. The highest BCUT2D eigenvalue weighted by Crippen LogP contribution is 2.31. The van der Waals surface area contributed by atoms with Crippen LogP contribution >= 0.6 is 11.3 Å². The summed E-state index contributed by atoms with van der Waals surface area (Å²) < 4.78 is 19.9. The lowest BCUT2D eigenvalue weighted by Gasteiger charge is -2.33. The van der Waals surface area contributed by atoms with Crippen molar-refractivity contribution in [1.29, 1.82) is 0 Å². The fourth-order valence-corrected chi connectivity index (χ4v) is 4.90. The third-order valence-corrected chi connectivity index (χ3v) is 6.44. The molecule has 1 aliphatic rings. The van der Waals surface area contributed by atoms with Crippen LogP contribution in [0.3, 0.4) is 0 Å². The van der Waals surface area contributed by atoms with Gasteiger partial charge >= 0.3 is 5.97 Å². The van der Waals surface area contributed by atoms with E-state index in [0.717, 1.165) is 34.3 Å². The van der Waals surface area contributed by atoms with Crippen molar-refractivity contribution in [2.75, 3.05) is 13.7 Å². The van der Waals surface area contributed by atoms with Crippen molar-refractivity contribution in [3.05, 3.63) is 52.3 Å². The van der Waals surface area contributed by atoms with Crippen molar-refractivity contribution in [2.45, 2.75) is 38.8 Å². The number of nitrogens with zero attached hydrogens (tertiary/aromatic N) is 3. The number of ether oxygens (including phenoxy) is 1. The number of hydrogen-bond donors (Lipinski definition) is 0. The molecule has 1 saturated heterocycles. The minimum absolute atomic E-state index is 0.144. The number of aromatic nitrogens is 2. The number of carbonyl (C=O) groups is 2. The Kier molecular flexibility index (Phi) is 5.36. The smallest absolute Gasteiger partial charge is 0.328 e. The summed E-state index contributed by atoms with van der Waals surface area (Å²) in [5.74, 6) is -0.784. The summed E-state index contributed by atoms with van der Waals surface area (Å²) in [7, 11) is 1.35. The Morgan fingerprint density at radius 3 is 2.76 bits per heavy atom. The quantitative estimate of drug-likeness (QED) is 0.609. The van der Waals surface area contributed by atoms with E-state index in [2.05, 4.69) is 5.10 Å². The standard InChI is InChI=1S/C21H22FN3O3S/c1-13-16-11-18(19(26)24-10-4-3-5-17(24)21(27)28-2)29-20(16)25(23-13)12-14-6-8-15(22)9-7-14/h6-9,11,17H,3-5,10,12H2,1-2H3/t17-/m0/s1. The highest BCUT2D eigenvalue weighted by Gasteiger charge is 2.34. The predicted octanol–water partition coefficient (Wildman–Crippen LogP) is 3.76. The van der Waals surface area contributed by atoms with Crippen molar-refractivity contribution in [2.24, 2.45) is 0 Å². The van der Waals surface area contributed by atoms with Crippen LogP contribution in [0.5, 0.6) is 0 Å². The summed E-state index contributed by atoms with van der Waals surface area (Å²) in [6, 6.07) is 7.64. The Labute approximate surface area is 171 Å². The van der Waals surface area contributed by atoms with Crippen LogP contribution in [0.2, 0.25) is 0 Å². The molecule has 8 heteroatoms. The molecule has 0 bridgehead atoms. The van der Waals surface area contributed by atoms with E-state index < -0.39 is 6.04 Å². The van der Waals surface area contributed by atoms with Crippen LogP contribution in [0.25, 0.3) is 10.2 Å². The number of carbonyl (C=O) groups excluding carboxylic acids is 2. The van der Waals surface area contributed by atoms with Gasteiger partial charge in [-0.1, -0.05) is 12.1 Å². The van der Waals surface area contributed by atoms with Gasteiger partial charge < -0.3 is 9.64 Å². The van der Waals surface area contributed by atoms with E-state index >= 15 is 0 Å². The van der Waals surface area contributed by atoms with E-state index in [4.69, 9.17) is 4.74 Å². The second-order valence-corrected chi connectivity index (χ2v) is 8.26. The van der Waals surface area contributed by atoms with Crippen LogP contribution in [-0.4, -0.2) is 46.3 Å². The number of thiophene rings is 1. The molecule has 0 unspecified atom stereocenters. The SMILES string of the molecule is COC(=O)[C@@H]1CCCCN1C(=O)c1cc2c(C)nn(Cc3ccc(F)cc3)c2s1. The zero-order chi connectivity index (χ0) is 20.5. The first kappa shape index (κ1) is 19.6. The Hall–Kier alpha value is -2.74. The van der Waals surface area contributed by atoms with Gasteiger partial charge in [-0.05, 0) is 49.9 Å². The number of aryl methyl sites for hydroxylation is 1. The number of hydrogen-bond acceptors (Lipinski definition) is 5. The van der Waals surface area contributed by atoms with E-state index in [-0.39, 0.29) is 17.7 Å². The number of amides is 1. The zero-order valence-electron chi connectivity index (χ0n) is 16.4. The molecular weight excluding hydrogens is 393 g/mol. The van der Waals surface area contributed by atoms with Gasteiger partial charge in [-0.3, -0.25) is 9.48 Å². The summed E-state index contributed by atoms with van der Waals surface area (Å²) in [6.07, 6.45) is 2.41. The summed E-state index contributed by atoms with van der Waals surface area (Å²) in [5.41, 5.74) is 1.76. The fraction of sp³-hybridized carbons (Fsp3) is 0.381. The summed E-state index contributed by atoms with van der Waals surface area (Å²) >= 11 is 1.37. The molecule has 1 atom stereocenters. The lowest BCUT2D eigenvalue weighted by Crippen LogP contribution is -2.48. The van der Waals surface area contributed by atoms with Gasteiger partial charge in [0.25, 0.3) is 5.91 Å². The Morgan fingerprint density at radius 2 is 2.03 bits per heavy atom. The maximum atomic E-state index is 13.2. The lowest BCUT2D eigenvalue weighted by molar-refractivity contribution is -0.147. The molecule has 3 aromatic rings. The van der Waals surface area contributed by atoms with Crippen molar-refractivity contribution in [1.82, 2.24) is 14.7 Å². The van der Waals surface area contributed by atoms with Gasteiger partial charge in [0.05, 0.1) is 24.2 Å². The predicted molar refractivity (Wildman–Crippen MR) is 109 cm³/mol. The molecule has 0 aliphatic carbocycles. The lowest BCUT2D eigenvalue weighted by atomic mass is 10.0. The van der Waals surface area contributed by atoms with Gasteiger partial charge in [0.15, 0.2) is 0 Å². The number of piperidine rings is 1. The third kappa shape index (κ3) is 3.76. The topological polar surface area (TPSA) is 64.4 Å². The molecule has 3 heterocycles.